The van der Waals surface area contributed by atoms with Crippen LogP contribution < -0.4 is 0 Å². The normalized spacial score (nSPS) is 9.90. The van der Waals surface area contributed by atoms with E-state index in [1.807, 2.05) is 0 Å². The van der Waals surface area contributed by atoms with Crippen LogP contribution in [0.3, 0.4) is 0 Å². The molecule has 0 aliphatic carbocycles. The smallest absolute Gasteiger partial charge is 0.141 e. The quantitative estimate of drug-likeness (QED) is 0.705. The van der Waals surface area contributed by atoms with Gasteiger partial charge in [0.25, 0.3) is 0 Å². The van der Waals surface area contributed by atoms with Crippen LogP contribution in [0.2, 0.25) is 0 Å². The van der Waals surface area contributed by atoms with Crippen molar-refractivity contribution >= 4 is 15.9 Å². The number of rotatable bonds is 1. The highest BCUT2D eigenvalue weighted by Crippen LogP contribution is 2.13. The van der Waals surface area contributed by atoms with Gasteiger partial charge in [-0.1, -0.05) is 0 Å². The molecule has 0 radical (unpaired) electrons. The molecule has 0 aliphatic heterocycles. The van der Waals surface area contributed by atoms with E-state index in [2.05, 4.69) is 20.9 Å². The lowest BCUT2D eigenvalue weighted by Gasteiger charge is -1.97. The molecule has 0 aromatic carbocycles. The van der Waals surface area contributed by atoms with E-state index in [1.165, 1.54) is 6.07 Å². The van der Waals surface area contributed by atoms with Crippen molar-refractivity contribution < 1.29 is 9.50 Å². The van der Waals surface area contributed by atoms with Gasteiger partial charge in [-0.3, -0.25) is 0 Å². The summed E-state index contributed by atoms with van der Waals surface area (Å²) in [5, 5.41) is 8.61. The number of halogens is 2. The van der Waals surface area contributed by atoms with Crippen LogP contribution in [0.15, 0.2) is 16.9 Å². The van der Waals surface area contributed by atoms with E-state index in [9.17, 15) is 4.39 Å². The van der Waals surface area contributed by atoms with Crippen LogP contribution in [-0.4, -0.2) is 10.1 Å². The molecule has 0 bridgehead atoms. The molecule has 1 heterocycles. The highest BCUT2D eigenvalue weighted by molar-refractivity contribution is 9.10. The van der Waals surface area contributed by atoms with Gasteiger partial charge in [0.1, 0.15) is 10.4 Å². The van der Waals surface area contributed by atoms with Gasteiger partial charge in [0.15, 0.2) is 0 Å². The zero-order valence-electron chi connectivity index (χ0n) is 5.01. The van der Waals surface area contributed by atoms with Gasteiger partial charge in [0.2, 0.25) is 0 Å². The van der Waals surface area contributed by atoms with Crippen LogP contribution in [0.4, 0.5) is 4.39 Å². The van der Waals surface area contributed by atoms with E-state index in [1.54, 1.807) is 0 Å². The Bertz CT molecular complexity index is 241. The predicted molar refractivity (Wildman–Crippen MR) is 37.8 cm³/mol. The molecule has 0 saturated carbocycles. The summed E-state index contributed by atoms with van der Waals surface area (Å²) in [5.74, 6) is -0.438. The van der Waals surface area contributed by atoms with Crippen LogP contribution in [0.25, 0.3) is 0 Å². The van der Waals surface area contributed by atoms with Crippen LogP contribution >= 0.6 is 15.9 Å². The van der Waals surface area contributed by atoms with Crippen molar-refractivity contribution in [1.29, 1.82) is 0 Å². The van der Waals surface area contributed by atoms with Crippen LogP contribution in [0, 0.1) is 5.82 Å². The molecule has 1 aromatic heterocycles. The lowest BCUT2D eigenvalue weighted by atomic mass is 10.3. The van der Waals surface area contributed by atoms with Gasteiger partial charge in [0.05, 0.1) is 12.8 Å². The average Bonchev–Trinajstić information content (AvgIpc) is 1.94. The summed E-state index contributed by atoms with van der Waals surface area (Å²) in [7, 11) is 0. The number of hydrogen-bond acceptors (Lipinski definition) is 2. The first-order valence-electron chi connectivity index (χ1n) is 2.65. The minimum absolute atomic E-state index is 0.203. The van der Waals surface area contributed by atoms with Crippen molar-refractivity contribution in [2.75, 3.05) is 0 Å². The van der Waals surface area contributed by atoms with Gasteiger partial charge in [-0.05, 0) is 22.0 Å². The predicted octanol–water partition coefficient (Wildman–Crippen LogP) is 1.48. The third kappa shape index (κ3) is 1.52. The first kappa shape index (κ1) is 7.63. The Morgan fingerprint density at radius 3 is 2.90 bits per heavy atom. The molecular formula is C6H5BrFNO. The van der Waals surface area contributed by atoms with Gasteiger partial charge in [-0.2, -0.15) is 0 Å². The van der Waals surface area contributed by atoms with E-state index in [4.69, 9.17) is 5.11 Å². The molecule has 2 nitrogen and oxygen atoms in total. The first-order chi connectivity index (χ1) is 4.74. The van der Waals surface area contributed by atoms with E-state index in [0.717, 1.165) is 6.20 Å². The maximum atomic E-state index is 12.3. The van der Waals surface area contributed by atoms with Crippen molar-refractivity contribution in [2.45, 2.75) is 6.61 Å². The van der Waals surface area contributed by atoms with Crippen molar-refractivity contribution in [2.24, 2.45) is 0 Å². The molecule has 0 atom stereocenters. The Balaban J connectivity index is 3.09. The second kappa shape index (κ2) is 3.07. The molecule has 0 spiro atoms. The summed E-state index contributed by atoms with van der Waals surface area (Å²) in [6.07, 6.45) is 1.09. The molecular weight excluding hydrogens is 201 g/mol. The minimum atomic E-state index is -0.438. The van der Waals surface area contributed by atoms with Crippen molar-refractivity contribution in [1.82, 2.24) is 4.98 Å². The standard InChI is InChI=1S/C6H5BrFNO/c7-6-4(3-10)1-5(8)2-9-6/h1-2,10H,3H2. The fraction of sp³-hybridized carbons (Fsp3) is 0.167. The van der Waals surface area contributed by atoms with E-state index in [-0.39, 0.29) is 6.61 Å². The summed E-state index contributed by atoms with van der Waals surface area (Å²) in [5.41, 5.74) is 0.458. The highest BCUT2D eigenvalue weighted by atomic mass is 79.9. The lowest BCUT2D eigenvalue weighted by Crippen LogP contribution is -1.89. The molecule has 1 aromatic rings. The largest absolute Gasteiger partial charge is 0.392 e. The zero-order valence-corrected chi connectivity index (χ0v) is 6.60. The molecule has 1 N–H and O–H groups in total. The fourth-order valence-electron chi connectivity index (χ4n) is 0.575. The molecule has 0 aliphatic rings. The van der Waals surface area contributed by atoms with Crippen LogP contribution in [0.1, 0.15) is 5.56 Å². The number of hydrogen-bond donors (Lipinski definition) is 1. The van der Waals surface area contributed by atoms with E-state index >= 15 is 0 Å². The van der Waals surface area contributed by atoms with E-state index < -0.39 is 5.82 Å². The number of aromatic nitrogens is 1. The van der Waals surface area contributed by atoms with Crippen molar-refractivity contribution in [3.8, 4) is 0 Å². The lowest BCUT2D eigenvalue weighted by molar-refractivity contribution is 0.279. The Labute approximate surface area is 65.8 Å². The average molecular weight is 206 g/mol. The molecule has 0 amide bonds. The number of aliphatic hydroxyl groups excluding tert-OH is 1. The first-order valence-corrected chi connectivity index (χ1v) is 3.44. The molecule has 10 heavy (non-hydrogen) atoms. The van der Waals surface area contributed by atoms with Crippen LogP contribution in [0.5, 0.6) is 0 Å². The SMILES string of the molecule is OCc1cc(F)cnc1Br. The maximum Gasteiger partial charge on any atom is 0.141 e. The third-order valence-corrected chi connectivity index (χ3v) is 1.76. The maximum absolute atomic E-state index is 12.3. The summed E-state index contributed by atoms with van der Waals surface area (Å²) in [6, 6.07) is 1.23. The van der Waals surface area contributed by atoms with Crippen molar-refractivity contribution in [3.05, 3.63) is 28.2 Å². The number of aliphatic hydroxyl groups is 1. The molecule has 0 unspecified atom stereocenters. The van der Waals surface area contributed by atoms with Gasteiger partial charge in [0, 0.05) is 5.56 Å². The molecule has 0 saturated heterocycles. The third-order valence-electron chi connectivity index (χ3n) is 1.05. The molecule has 1 rings (SSSR count). The monoisotopic (exact) mass is 205 g/mol. The molecule has 4 heteroatoms. The fourth-order valence-corrected chi connectivity index (χ4v) is 0.918. The summed E-state index contributed by atoms with van der Waals surface area (Å²) < 4.78 is 12.8. The Morgan fingerprint density at radius 1 is 1.70 bits per heavy atom. The van der Waals surface area contributed by atoms with Crippen molar-refractivity contribution in [3.63, 3.8) is 0 Å². The van der Waals surface area contributed by atoms with Gasteiger partial charge in [-0.25, -0.2) is 9.37 Å². The highest BCUT2D eigenvalue weighted by Gasteiger charge is 1.99. The summed E-state index contributed by atoms with van der Waals surface area (Å²) in [4.78, 5) is 3.63. The van der Waals surface area contributed by atoms with Gasteiger partial charge >= 0.3 is 0 Å². The summed E-state index contributed by atoms with van der Waals surface area (Å²) >= 11 is 3.05. The summed E-state index contributed by atoms with van der Waals surface area (Å²) in [6.45, 7) is -0.203. The zero-order chi connectivity index (χ0) is 7.56. The number of pyridine rings is 1. The van der Waals surface area contributed by atoms with Crippen LogP contribution in [-0.2, 0) is 6.61 Å². The topological polar surface area (TPSA) is 33.1 Å². The second-order valence-corrected chi connectivity index (χ2v) is 2.51. The number of nitrogens with zero attached hydrogens (tertiary/aromatic N) is 1. The van der Waals surface area contributed by atoms with Gasteiger partial charge in [-0.15, -0.1) is 0 Å². The minimum Gasteiger partial charge on any atom is -0.392 e. The Kier molecular flexibility index (Phi) is 2.34. The Morgan fingerprint density at radius 2 is 2.40 bits per heavy atom. The van der Waals surface area contributed by atoms with E-state index in [0.29, 0.717) is 10.2 Å². The Hall–Kier alpha value is -0.480. The molecule has 0 fully saturated rings. The molecule has 54 valence electrons. The van der Waals surface area contributed by atoms with Gasteiger partial charge < -0.3 is 5.11 Å². The second-order valence-electron chi connectivity index (χ2n) is 1.76.